The van der Waals surface area contributed by atoms with Gasteiger partial charge < -0.3 is 4.90 Å². The van der Waals surface area contributed by atoms with E-state index in [1.807, 2.05) is 30.3 Å². The topological polar surface area (TPSA) is 57.7 Å². The van der Waals surface area contributed by atoms with Crippen molar-refractivity contribution in [3.05, 3.63) is 48.0 Å². The summed E-state index contributed by atoms with van der Waals surface area (Å²) in [6.45, 7) is 0. The number of imide groups is 1. The molecule has 1 aromatic carbocycles. The van der Waals surface area contributed by atoms with Gasteiger partial charge in [0.2, 0.25) is 17.7 Å². The lowest BCUT2D eigenvalue weighted by Crippen LogP contribution is -2.38. The zero-order chi connectivity index (χ0) is 18.4. The molecular weight excluding hydrogens is 328 g/mol. The van der Waals surface area contributed by atoms with Crippen LogP contribution >= 0.6 is 0 Å². The van der Waals surface area contributed by atoms with Gasteiger partial charge in [0.15, 0.2) is 0 Å². The first-order valence-corrected chi connectivity index (χ1v) is 9.29. The second kappa shape index (κ2) is 6.38. The lowest BCUT2D eigenvalue weighted by atomic mass is 9.63. The van der Waals surface area contributed by atoms with Gasteiger partial charge in [0.25, 0.3) is 0 Å². The Morgan fingerprint density at radius 1 is 1.04 bits per heavy atom. The maximum absolute atomic E-state index is 13.3. The van der Waals surface area contributed by atoms with E-state index in [2.05, 4.69) is 12.2 Å². The third kappa shape index (κ3) is 2.57. The zero-order valence-corrected chi connectivity index (χ0v) is 15.2. The van der Waals surface area contributed by atoms with E-state index >= 15 is 0 Å². The summed E-state index contributed by atoms with van der Waals surface area (Å²) in [6, 6.07) is 8.91. The summed E-state index contributed by atoms with van der Waals surface area (Å²) < 4.78 is 0. The lowest BCUT2D eigenvalue weighted by Gasteiger charge is -2.38. The third-order valence-corrected chi connectivity index (χ3v) is 6.16. The molecule has 1 saturated heterocycles. The summed E-state index contributed by atoms with van der Waals surface area (Å²) in [5, 5.41) is 0. The van der Waals surface area contributed by atoms with Crippen LogP contribution in [0.3, 0.4) is 0 Å². The van der Waals surface area contributed by atoms with E-state index in [1.54, 1.807) is 14.1 Å². The molecule has 5 heteroatoms. The molecule has 5 rings (SSSR count). The van der Waals surface area contributed by atoms with E-state index in [9.17, 15) is 14.4 Å². The van der Waals surface area contributed by atoms with Gasteiger partial charge in [-0.05, 0) is 30.2 Å². The standard InChI is InChI=1S/C21H24N2O3/c1-22(2)17(24)12-16(13-6-4-3-5-7-13)23-20(25)18-14-8-9-15(11-10-14)19(18)21(23)26/h3-9,14-16,18-19H,10-12H2,1-2H3/t14-,15-,16+,18-,19+/m0/s1. The van der Waals surface area contributed by atoms with Gasteiger partial charge in [-0.25, -0.2) is 0 Å². The Labute approximate surface area is 153 Å². The van der Waals surface area contributed by atoms with E-state index in [0.717, 1.165) is 18.4 Å². The van der Waals surface area contributed by atoms with Crippen molar-refractivity contribution in [2.45, 2.75) is 25.3 Å². The quantitative estimate of drug-likeness (QED) is 0.618. The number of nitrogens with zero attached hydrogens (tertiary/aromatic N) is 2. The Bertz CT molecular complexity index is 739. The fourth-order valence-corrected chi connectivity index (χ4v) is 4.79. The fourth-order valence-electron chi connectivity index (χ4n) is 4.79. The predicted octanol–water partition coefficient (Wildman–Crippen LogP) is 2.40. The Balaban J connectivity index is 1.71. The summed E-state index contributed by atoms with van der Waals surface area (Å²) in [6.07, 6.45) is 6.30. The van der Waals surface area contributed by atoms with E-state index < -0.39 is 6.04 Å². The number of carbonyl (C=O) groups is 3. The van der Waals surface area contributed by atoms with E-state index in [1.165, 1.54) is 9.80 Å². The maximum atomic E-state index is 13.3. The molecule has 5 atom stereocenters. The second-order valence-corrected chi connectivity index (χ2v) is 7.81. The Kier molecular flexibility index (Phi) is 4.17. The van der Waals surface area contributed by atoms with Crippen molar-refractivity contribution in [1.29, 1.82) is 0 Å². The molecule has 1 heterocycles. The van der Waals surface area contributed by atoms with Gasteiger partial charge in [-0.1, -0.05) is 42.5 Å². The van der Waals surface area contributed by atoms with Crippen LogP contribution in [0.5, 0.6) is 0 Å². The molecule has 1 aromatic rings. The molecule has 26 heavy (non-hydrogen) atoms. The normalized spacial score (nSPS) is 30.5. The second-order valence-electron chi connectivity index (χ2n) is 7.81. The van der Waals surface area contributed by atoms with Gasteiger partial charge in [-0.15, -0.1) is 0 Å². The summed E-state index contributed by atoms with van der Waals surface area (Å²) >= 11 is 0. The number of amides is 3. The molecule has 4 aliphatic rings. The van der Waals surface area contributed by atoms with E-state index in [-0.39, 0.29) is 47.8 Å². The summed E-state index contributed by atoms with van der Waals surface area (Å²) in [5.74, 6) is -0.451. The number of rotatable bonds is 4. The Morgan fingerprint density at radius 2 is 1.58 bits per heavy atom. The van der Waals surface area contributed by atoms with Gasteiger partial charge >= 0.3 is 0 Å². The number of hydrogen-bond donors (Lipinski definition) is 0. The van der Waals surface area contributed by atoms with Crippen LogP contribution in [0.1, 0.15) is 30.9 Å². The van der Waals surface area contributed by atoms with Crippen LogP contribution in [0.15, 0.2) is 42.5 Å². The summed E-state index contributed by atoms with van der Waals surface area (Å²) in [4.78, 5) is 41.8. The average molecular weight is 352 g/mol. The van der Waals surface area contributed by atoms with Crippen LogP contribution in [0, 0.1) is 23.7 Å². The van der Waals surface area contributed by atoms with Crippen LogP contribution in [0.4, 0.5) is 0 Å². The summed E-state index contributed by atoms with van der Waals surface area (Å²) in [7, 11) is 3.39. The highest BCUT2D eigenvalue weighted by molar-refractivity contribution is 6.06. The van der Waals surface area contributed by atoms with Crippen molar-refractivity contribution in [2.24, 2.45) is 23.7 Å². The van der Waals surface area contributed by atoms with Crippen molar-refractivity contribution in [2.75, 3.05) is 14.1 Å². The highest BCUT2D eigenvalue weighted by Crippen LogP contribution is 2.51. The minimum atomic E-state index is -0.531. The minimum Gasteiger partial charge on any atom is -0.349 e. The van der Waals surface area contributed by atoms with Gasteiger partial charge in [0.05, 0.1) is 24.3 Å². The molecule has 0 unspecified atom stereocenters. The van der Waals surface area contributed by atoms with Crippen LogP contribution < -0.4 is 0 Å². The molecule has 3 aliphatic carbocycles. The predicted molar refractivity (Wildman–Crippen MR) is 96.7 cm³/mol. The molecule has 0 radical (unpaired) electrons. The van der Waals surface area contributed by atoms with Crippen molar-refractivity contribution in [1.82, 2.24) is 9.80 Å². The van der Waals surface area contributed by atoms with Gasteiger partial charge in [0.1, 0.15) is 0 Å². The summed E-state index contributed by atoms with van der Waals surface area (Å²) in [5.41, 5.74) is 0.836. The monoisotopic (exact) mass is 352 g/mol. The molecule has 3 amide bonds. The zero-order valence-electron chi connectivity index (χ0n) is 15.2. The maximum Gasteiger partial charge on any atom is 0.234 e. The van der Waals surface area contributed by atoms with E-state index in [4.69, 9.17) is 0 Å². The molecule has 1 aliphatic heterocycles. The van der Waals surface area contributed by atoms with E-state index in [0.29, 0.717) is 0 Å². The van der Waals surface area contributed by atoms with Crippen molar-refractivity contribution < 1.29 is 14.4 Å². The Morgan fingerprint density at radius 3 is 2.04 bits per heavy atom. The Hall–Kier alpha value is -2.43. The number of allylic oxidation sites excluding steroid dienone is 2. The molecule has 5 nitrogen and oxygen atoms in total. The largest absolute Gasteiger partial charge is 0.349 e. The number of carbonyl (C=O) groups excluding carboxylic acids is 3. The number of likely N-dealkylation sites (tertiary alicyclic amines) is 1. The van der Waals surface area contributed by atoms with Gasteiger partial charge in [0, 0.05) is 14.1 Å². The molecule has 0 aromatic heterocycles. The van der Waals surface area contributed by atoms with Crippen LogP contribution in [0.2, 0.25) is 0 Å². The van der Waals surface area contributed by atoms with Crippen molar-refractivity contribution >= 4 is 17.7 Å². The molecule has 2 fully saturated rings. The molecule has 0 spiro atoms. The minimum absolute atomic E-state index is 0.0876. The first-order chi connectivity index (χ1) is 12.5. The first-order valence-electron chi connectivity index (χ1n) is 9.29. The molecule has 0 N–H and O–H groups in total. The number of benzene rings is 1. The van der Waals surface area contributed by atoms with Crippen molar-refractivity contribution in [3.8, 4) is 0 Å². The smallest absolute Gasteiger partial charge is 0.234 e. The van der Waals surface area contributed by atoms with Gasteiger partial charge in [-0.3, -0.25) is 19.3 Å². The van der Waals surface area contributed by atoms with Crippen LogP contribution in [-0.4, -0.2) is 41.6 Å². The molecule has 1 saturated carbocycles. The van der Waals surface area contributed by atoms with Crippen LogP contribution in [0.25, 0.3) is 0 Å². The molecule has 2 bridgehead atoms. The SMILES string of the molecule is CN(C)C(=O)C[C@H](c1ccccc1)N1C(=O)[C@@H]2[C@H](C1=O)[C@H]1C=C[C@H]2CC1. The number of fused-ring (bicyclic) bond motifs is 1. The number of hydrogen-bond acceptors (Lipinski definition) is 3. The van der Waals surface area contributed by atoms with Crippen molar-refractivity contribution in [3.63, 3.8) is 0 Å². The van der Waals surface area contributed by atoms with Crippen LogP contribution in [-0.2, 0) is 14.4 Å². The molecule has 136 valence electrons. The first kappa shape index (κ1) is 17.0. The fraction of sp³-hybridized carbons (Fsp3) is 0.476. The highest BCUT2D eigenvalue weighted by atomic mass is 16.2. The lowest BCUT2D eigenvalue weighted by molar-refractivity contribution is -0.144. The third-order valence-electron chi connectivity index (χ3n) is 6.16. The molecular formula is C21H24N2O3. The highest BCUT2D eigenvalue weighted by Gasteiger charge is 2.58. The van der Waals surface area contributed by atoms with Gasteiger partial charge in [-0.2, -0.15) is 0 Å². The average Bonchev–Trinajstić information content (AvgIpc) is 2.94.